The molecule has 0 unspecified atom stereocenters. The molecular weight excluding hydrogens is 268 g/mol. The van der Waals surface area contributed by atoms with Crippen molar-refractivity contribution in [1.82, 2.24) is 19.9 Å². The first kappa shape index (κ1) is 17.4. The van der Waals surface area contributed by atoms with E-state index < -0.39 is 0 Å². The molecule has 1 rings (SSSR count). The van der Waals surface area contributed by atoms with Crippen LogP contribution >= 0.6 is 0 Å². The minimum atomic E-state index is -0.0156. The molecule has 0 bridgehead atoms. The number of hydrogen-bond acceptors (Lipinski definition) is 8. The maximum Gasteiger partial charge on any atom is 0.243 e. The average Bonchev–Trinajstić information content (AvgIpc) is 2.46. The van der Waals surface area contributed by atoms with Gasteiger partial charge in [0.1, 0.15) is 0 Å². The Bertz CT molecular complexity index is 442. The zero-order chi connectivity index (χ0) is 16.0. The van der Waals surface area contributed by atoms with Gasteiger partial charge in [-0.1, -0.05) is 0 Å². The standard InChI is InChI=1S/C13H28N8/c1-7-21(8-2)12-17-10(16-11(18-12)19-14)15-9-13(3,4)20(5)6/h7-9,14H2,1-6H3,(H2,15,16,17,18,19). The molecule has 0 amide bonds. The summed E-state index contributed by atoms with van der Waals surface area (Å²) in [5.74, 6) is 6.94. The zero-order valence-electron chi connectivity index (χ0n) is 13.9. The molecule has 4 N–H and O–H groups in total. The van der Waals surface area contributed by atoms with Crippen LogP contribution in [0.4, 0.5) is 17.8 Å². The highest BCUT2D eigenvalue weighted by Crippen LogP contribution is 2.15. The molecule has 1 aromatic heterocycles. The van der Waals surface area contributed by atoms with E-state index in [-0.39, 0.29) is 5.54 Å². The van der Waals surface area contributed by atoms with Crippen molar-refractivity contribution in [2.45, 2.75) is 33.2 Å². The summed E-state index contributed by atoms with van der Waals surface area (Å²) in [5, 5.41) is 3.26. The maximum absolute atomic E-state index is 5.44. The highest BCUT2D eigenvalue weighted by Gasteiger charge is 2.21. The second-order valence-corrected chi connectivity index (χ2v) is 5.66. The van der Waals surface area contributed by atoms with Crippen molar-refractivity contribution in [1.29, 1.82) is 0 Å². The lowest BCUT2D eigenvalue weighted by molar-refractivity contribution is 0.209. The predicted molar refractivity (Wildman–Crippen MR) is 87.5 cm³/mol. The van der Waals surface area contributed by atoms with Gasteiger partial charge in [-0.05, 0) is 41.8 Å². The highest BCUT2D eigenvalue weighted by atomic mass is 15.4. The number of nitrogen functional groups attached to an aromatic ring is 1. The molecule has 120 valence electrons. The number of hydrazine groups is 1. The van der Waals surface area contributed by atoms with E-state index in [4.69, 9.17) is 5.84 Å². The molecule has 8 nitrogen and oxygen atoms in total. The Morgan fingerprint density at radius 3 is 2.10 bits per heavy atom. The van der Waals surface area contributed by atoms with Crippen LogP contribution < -0.4 is 21.5 Å². The number of likely N-dealkylation sites (N-methyl/N-ethyl adjacent to an activating group) is 1. The fourth-order valence-corrected chi connectivity index (χ4v) is 1.61. The summed E-state index contributed by atoms with van der Waals surface area (Å²) in [5.41, 5.74) is 2.48. The quantitative estimate of drug-likeness (QED) is 0.478. The minimum Gasteiger partial charge on any atom is -0.352 e. The molecule has 0 aliphatic heterocycles. The third-order valence-corrected chi connectivity index (χ3v) is 3.69. The monoisotopic (exact) mass is 296 g/mol. The Balaban J connectivity index is 2.94. The summed E-state index contributed by atoms with van der Waals surface area (Å²) in [6, 6.07) is 0. The summed E-state index contributed by atoms with van der Waals surface area (Å²) >= 11 is 0. The van der Waals surface area contributed by atoms with E-state index in [0.717, 1.165) is 13.1 Å². The topological polar surface area (TPSA) is 95.2 Å². The largest absolute Gasteiger partial charge is 0.352 e. The summed E-state index contributed by atoms with van der Waals surface area (Å²) in [6.45, 7) is 10.8. The smallest absolute Gasteiger partial charge is 0.243 e. The second-order valence-electron chi connectivity index (χ2n) is 5.66. The molecule has 0 spiro atoms. The number of nitrogens with two attached hydrogens (primary N) is 1. The van der Waals surface area contributed by atoms with E-state index in [1.165, 1.54) is 0 Å². The number of rotatable bonds is 8. The van der Waals surface area contributed by atoms with Gasteiger partial charge in [-0.25, -0.2) is 5.84 Å². The Labute approximate surface area is 127 Å². The lowest BCUT2D eigenvalue weighted by atomic mass is 10.1. The summed E-state index contributed by atoms with van der Waals surface area (Å²) in [7, 11) is 4.09. The third-order valence-electron chi connectivity index (χ3n) is 3.69. The van der Waals surface area contributed by atoms with Crippen LogP contribution in [0.2, 0.25) is 0 Å². The van der Waals surface area contributed by atoms with Crippen molar-refractivity contribution in [3.05, 3.63) is 0 Å². The van der Waals surface area contributed by atoms with Gasteiger partial charge in [0.05, 0.1) is 0 Å². The minimum absolute atomic E-state index is 0.0156. The molecule has 0 aliphatic rings. The van der Waals surface area contributed by atoms with Gasteiger partial charge in [0.25, 0.3) is 0 Å². The fraction of sp³-hybridized carbons (Fsp3) is 0.769. The normalized spacial score (nSPS) is 11.6. The Hall–Kier alpha value is -1.67. The van der Waals surface area contributed by atoms with Crippen LogP contribution in [0.1, 0.15) is 27.7 Å². The van der Waals surface area contributed by atoms with Crippen LogP contribution in [0.3, 0.4) is 0 Å². The van der Waals surface area contributed by atoms with Crippen molar-refractivity contribution in [2.24, 2.45) is 5.84 Å². The predicted octanol–water partition coefficient (Wildman–Crippen LogP) is 0.756. The molecule has 0 aliphatic carbocycles. The fourth-order valence-electron chi connectivity index (χ4n) is 1.61. The summed E-state index contributed by atoms with van der Waals surface area (Å²) < 4.78 is 0. The summed E-state index contributed by atoms with van der Waals surface area (Å²) in [6.07, 6.45) is 0. The van der Waals surface area contributed by atoms with Crippen molar-refractivity contribution >= 4 is 17.8 Å². The molecule has 0 saturated carbocycles. The van der Waals surface area contributed by atoms with E-state index in [0.29, 0.717) is 24.4 Å². The Morgan fingerprint density at radius 2 is 1.62 bits per heavy atom. The zero-order valence-corrected chi connectivity index (χ0v) is 13.9. The number of aromatic nitrogens is 3. The lowest BCUT2D eigenvalue weighted by Crippen LogP contribution is -2.44. The molecule has 0 fully saturated rings. The Morgan fingerprint density at radius 1 is 1.05 bits per heavy atom. The van der Waals surface area contributed by atoms with Crippen LogP contribution in [0.5, 0.6) is 0 Å². The molecule has 1 heterocycles. The first-order valence-electron chi connectivity index (χ1n) is 7.23. The molecule has 8 heteroatoms. The van der Waals surface area contributed by atoms with Crippen LogP contribution in [0, 0.1) is 0 Å². The van der Waals surface area contributed by atoms with Crippen LogP contribution in [0.15, 0.2) is 0 Å². The molecular formula is C13H28N8. The van der Waals surface area contributed by atoms with Gasteiger partial charge in [-0.3, -0.25) is 5.43 Å². The first-order valence-corrected chi connectivity index (χ1v) is 7.23. The molecule has 0 atom stereocenters. The third kappa shape index (κ3) is 4.68. The van der Waals surface area contributed by atoms with Gasteiger partial charge in [0, 0.05) is 25.2 Å². The highest BCUT2D eigenvalue weighted by molar-refractivity contribution is 5.43. The Kier molecular flexibility index (Phi) is 6.10. The van der Waals surface area contributed by atoms with Crippen molar-refractivity contribution in [2.75, 3.05) is 49.4 Å². The van der Waals surface area contributed by atoms with E-state index >= 15 is 0 Å². The van der Waals surface area contributed by atoms with Gasteiger partial charge in [-0.2, -0.15) is 15.0 Å². The van der Waals surface area contributed by atoms with Gasteiger partial charge < -0.3 is 15.1 Å². The van der Waals surface area contributed by atoms with Gasteiger partial charge in [0.15, 0.2) is 0 Å². The van der Waals surface area contributed by atoms with Crippen molar-refractivity contribution < 1.29 is 0 Å². The van der Waals surface area contributed by atoms with Crippen LogP contribution in [-0.2, 0) is 0 Å². The maximum atomic E-state index is 5.44. The first-order chi connectivity index (χ1) is 9.83. The van der Waals surface area contributed by atoms with Gasteiger partial charge >= 0.3 is 0 Å². The number of nitrogens with one attached hydrogen (secondary N) is 2. The van der Waals surface area contributed by atoms with E-state index in [2.05, 4.69) is 58.3 Å². The molecule has 0 radical (unpaired) electrons. The molecule has 0 aromatic carbocycles. The van der Waals surface area contributed by atoms with E-state index in [1.54, 1.807) is 0 Å². The van der Waals surface area contributed by atoms with E-state index in [1.807, 2.05) is 19.0 Å². The van der Waals surface area contributed by atoms with Crippen molar-refractivity contribution in [3.8, 4) is 0 Å². The number of hydrogen-bond donors (Lipinski definition) is 3. The van der Waals surface area contributed by atoms with Crippen LogP contribution in [0.25, 0.3) is 0 Å². The second kappa shape index (κ2) is 7.37. The van der Waals surface area contributed by atoms with E-state index in [9.17, 15) is 0 Å². The molecule has 21 heavy (non-hydrogen) atoms. The van der Waals surface area contributed by atoms with Gasteiger partial charge in [-0.15, -0.1) is 0 Å². The summed E-state index contributed by atoms with van der Waals surface area (Å²) in [4.78, 5) is 17.2. The number of nitrogens with zero attached hydrogens (tertiary/aromatic N) is 5. The molecule has 0 saturated heterocycles. The van der Waals surface area contributed by atoms with Gasteiger partial charge in [0.2, 0.25) is 17.8 Å². The lowest BCUT2D eigenvalue weighted by Gasteiger charge is -2.32. The number of anilines is 3. The SMILES string of the molecule is CCN(CC)c1nc(NN)nc(NCC(C)(C)N(C)C)n1. The van der Waals surface area contributed by atoms with Crippen molar-refractivity contribution in [3.63, 3.8) is 0 Å². The average molecular weight is 296 g/mol. The van der Waals surface area contributed by atoms with Crippen LogP contribution in [-0.4, -0.2) is 59.1 Å². The molecule has 1 aromatic rings.